The summed E-state index contributed by atoms with van der Waals surface area (Å²) in [6, 6.07) is 10.7. The third kappa shape index (κ3) is 2.56. The predicted octanol–water partition coefficient (Wildman–Crippen LogP) is 3.32. The van der Waals surface area contributed by atoms with Crippen LogP contribution >= 0.6 is 11.6 Å². The zero-order valence-electron chi connectivity index (χ0n) is 12.4. The predicted molar refractivity (Wildman–Crippen MR) is 86.5 cm³/mol. The number of benzene rings is 2. The van der Waals surface area contributed by atoms with Gasteiger partial charge in [-0.05, 0) is 52.7 Å². The van der Waals surface area contributed by atoms with E-state index in [0.29, 0.717) is 23.0 Å². The van der Waals surface area contributed by atoms with E-state index in [9.17, 15) is 9.50 Å². The van der Waals surface area contributed by atoms with E-state index in [2.05, 4.69) is 20.8 Å². The van der Waals surface area contributed by atoms with Crippen LogP contribution in [0, 0.1) is 5.82 Å². The van der Waals surface area contributed by atoms with Crippen LogP contribution in [0.2, 0.25) is 5.02 Å². The Balaban J connectivity index is 1.76. The van der Waals surface area contributed by atoms with Crippen molar-refractivity contribution in [1.29, 1.82) is 0 Å². The first-order valence-corrected chi connectivity index (χ1v) is 7.78. The topological polar surface area (TPSA) is 75.9 Å². The summed E-state index contributed by atoms with van der Waals surface area (Å²) in [5, 5.41) is 25.6. The van der Waals surface area contributed by atoms with Crippen molar-refractivity contribution in [2.45, 2.75) is 18.5 Å². The molecule has 8 heteroatoms. The van der Waals surface area contributed by atoms with E-state index in [-0.39, 0.29) is 23.7 Å². The Bertz CT molecular complexity index is 882. The molecule has 1 aliphatic heterocycles. The lowest BCUT2D eigenvalue weighted by molar-refractivity contribution is 0.409. The van der Waals surface area contributed by atoms with Crippen molar-refractivity contribution < 1.29 is 9.50 Å². The molecule has 0 radical (unpaired) electrons. The molecule has 0 saturated heterocycles. The van der Waals surface area contributed by atoms with Crippen molar-refractivity contribution in [2.24, 2.45) is 0 Å². The van der Waals surface area contributed by atoms with Gasteiger partial charge in [-0.1, -0.05) is 28.8 Å². The number of phenols is 1. The highest BCUT2D eigenvalue weighted by Gasteiger charge is 2.31. The van der Waals surface area contributed by atoms with Gasteiger partial charge in [0.05, 0.1) is 12.1 Å². The Kier molecular flexibility index (Phi) is 3.57. The minimum Gasteiger partial charge on any atom is -0.508 e. The number of halogens is 2. The third-order valence-electron chi connectivity index (χ3n) is 4.17. The van der Waals surface area contributed by atoms with E-state index >= 15 is 0 Å². The Hall–Kier alpha value is -2.67. The zero-order valence-corrected chi connectivity index (χ0v) is 13.2. The van der Waals surface area contributed by atoms with E-state index in [1.807, 2.05) is 0 Å². The maximum atomic E-state index is 13.2. The number of aromatic nitrogens is 4. The molecular weight excluding hydrogens is 333 g/mol. The van der Waals surface area contributed by atoms with Gasteiger partial charge in [-0.25, -0.2) is 9.07 Å². The van der Waals surface area contributed by atoms with Crippen LogP contribution in [-0.2, 0) is 0 Å². The van der Waals surface area contributed by atoms with Crippen LogP contribution in [0.15, 0.2) is 42.5 Å². The zero-order chi connectivity index (χ0) is 16.7. The summed E-state index contributed by atoms with van der Waals surface area (Å²) in [4.78, 5) is 0. The number of nitrogens with zero attached hydrogens (tertiary/aromatic N) is 4. The number of anilines is 1. The molecule has 2 aromatic carbocycles. The van der Waals surface area contributed by atoms with Gasteiger partial charge in [0.25, 0.3) is 0 Å². The van der Waals surface area contributed by atoms with E-state index in [0.717, 1.165) is 5.56 Å². The molecule has 0 amide bonds. The number of aromatic hydroxyl groups is 1. The van der Waals surface area contributed by atoms with Crippen molar-refractivity contribution in [3.63, 3.8) is 0 Å². The van der Waals surface area contributed by atoms with Gasteiger partial charge >= 0.3 is 0 Å². The van der Waals surface area contributed by atoms with E-state index in [4.69, 9.17) is 11.6 Å². The second-order valence-corrected chi connectivity index (χ2v) is 6.09. The molecule has 0 fully saturated rings. The van der Waals surface area contributed by atoms with Gasteiger partial charge in [-0.15, -0.1) is 0 Å². The normalized spacial score (nSPS) is 19.6. The lowest BCUT2D eigenvalue weighted by Crippen LogP contribution is -2.28. The Morgan fingerprint density at radius 3 is 2.79 bits per heavy atom. The van der Waals surface area contributed by atoms with Crippen molar-refractivity contribution in [1.82, 2.24) is 20.2 Å². The second-order valence-electron chi connectivity index (χ2n) is 5.65. The van der Waals surface area contributed by atoms with Crippen molar-refractivity contribution >= 4 is 17.5 Å². The lowest BCUT2D eigenvalue weighted by atomic mass is 9.93. The summed E-state index contributed by atoms with van der Waals surface area (Å²) in [6.45, 7) is 0. The van der Waals surface area contributed by atoms with Crippen LogP contribution in [0.5, 0.6) is 5.75 Å². The molecule has 24 heavy (non-hydrogen) atoms. The molecule has 4 rings (SSSR count). The first kappa shape index (κ1) is 14.9. The molecule has 122 valence electrons. The molecule has 2 N–H and O–H groups in total. The minimum absolute atomic E-state index is 0.149. The molecular formula is C16H13ClFN5O. The average molecular weight is 346 g/mol. The maximum Gasteiger partial charge on any atom is 0.243 e. The van der Waals surface area contributed by atoms with E-state index in [1.165, 1.54) is 12.1 Å². The highest BCUT2D eigenvalue weighted by molar-refractivity contribution is 6.30. The van der Waals surface area contributed by atoms with Gasteiger partial charge in [0.2, 0.25) is 5.95 Å². The van der Waals surface area contributed by atoms with Crippen LogP contribution in [0.3, 0.4) is 0 Å². The fourth-order valence-electron chi connectivity index (χ4n) is 3.01. The highest BCUT2D eigenvalue weighted by atomic mass is 35.5. The molecule has 0 saturated carbocycles. The second kappa shape index (κ2) is 5.76. The van der Waals surface area contributed by atoms with Crippen LogP contribution in [-0.4, -0.2) is 25.3 Å². The maximum absolute atomic E-state index is 13.2. The molecule has 0 unspecified atom stereocenters. The number of fused-ring (bicyclic) bond motifs is 1. The van der Waals surface area contributed by atoms with Crippen LogP contribution in [0.4, 0.5) is 10.3 Å². The first-order valence-electron chi connectivity index (χ1n) is 7.40. The summed E-state index contributed by atoms with van der Waals surface area (Å²) < 4.78 is 14.9. The van der Waals surface area contributed by atoms with E-state index < -0.39 is 0 Å². The summed E-state index contributed by atoms with van der Waals surface area (Å²) in [7, 11) is 0. The first-order chi connectivity index (χ1) is 11.6. The molecule has 6 nitrogen and oxygen atoms in total. The van der Waals surface area contributed by atoms with Gasteiger partial charge in [-0.3, -0.25) is 0 Å². The van der Waals surface area contributed by atoms with Gasteiger partial charge in [-0.2, -0.15) is 0 Å². The van der Waals surface area contributed by atoms with Crippen molar-refractivity contribution in [3.05, 3.63) is 64.4 Å². The smallest absolute Gasteiger partial charge is 0.243 e. The summed E-state index contributed by atoms with van der Waals surface area (Å²) in [6.07, 6.45) is 0.581. The fourth-order valence-corrected chi connectivity index (χ4v) is 3.19. The third-order valence-corrected chi connectivity index (χ3v) is 4.41. The molecule has 2 heterocycles. The van der Waals surface area contributed by atoms with Crippen molar-refractivity contribution in [2.75, 3.05) is 5.32 Å². The standard InChI is InChI=1S/C16H13ClFN5O/c17-10-3-6-15(24)12(7-10)13-8-14(9-1-4-11(18)5-2-9)23-16(19-13)20-21-22-23/h1-7,13-14,24H,8H2,(H,19,20,22)/t13-,14+/m0/s1. The number of hydrogen-bond donors (Lipinski definition) is 2. The monoisotopic (exact) mass is 345 g/mol. The molecule has 3 aromatic rings. The quantitative estimate of drug-likeness (QED) is 0.745. The molecule has 0 aliphatic carbocycles. The van der Waals surface area contributed by atoms with Crippen molar-refractivity contribution in [3.8, 4) is 5.75 Å². The van der Waals surface area contributed by atoms with Gasteiger partial charge in [0.15, 0.2) is 0 Å². The van der Waals surface area contributed by atoms with Crippen LogP contribution in [0.25, 0.3) is 0 Å². The number of rotatable bonds is 2. The number of tetrazole rings is 1. The Morgan fingerprint density at radius 1 is 1.21 bits per heavy atom. The summed E-state index contributed by atoms with van der Waals surface area (Å²) in [5.41, 5.74) is 1.56. The SMILES string of the molecule is Oc1ccc(Cl)cc1[C@@H]1C[C@H](c2ccc(F)cc2)n2nnnc2N1. The lowest BCUT2D eigenvalue weighted by Gasteiger charge is -2.31. The molecule has 2 atom stereocenters. The van der Waals surface area contributed by atoms with Crippen LogP contribution in [0.1, 0.15) is 29.6 Å². The minimum atomic E-state index is -0.298. The molecule has 1 aliphatic rings. The molecule has 1 aromatic heterocycles. The fraction of sp³-hybridized carbons (Fsp3) is 0.188. The summed E-state index contributed by atoms with van der Waals surface area (Å²) >= 11 is 6.06. The largest absolute Gasteiger partial charge is 0.508 e. The Morgan fingerprint density at radius 2 is 2.00 bits per heavy atom. The average Bonchev–Trinajstić information content (AvgIpc) is 3.05. The molecule has 0 spiro atoms. The molecule has 0 bridgehead atoms. The van der Waals surface area contributed by atoms with Gasteiger partial charge < -0.3 is 10.4 Å². The van der Waals surface area contributed by atoms with Crippen LogP contribution < -0.4 is 5.32 Å². The number of hydrogen-bond acceptors (Lipinski definition) is 5. The number of nitrogens with one attached hydrogen (secondary N) is 1. The van der Waals surface area contributed by atoms with Gasteiger partial charge in [0.1, 0.15) is 11.6 Å². The Labute approximate surface area is 141 Å². The van der Waals surface area contributed by atoms with Gasteiger partial charge in [0, 0.05) is 10.6 Å². The number of phenolic OH excluding ortho intramolecular Hbond substituents is 1. The summed E-state index contributed by atoms with van der Waals surface area (Å²) in [5.74, 6) is 0.337. The van der Waals surface area contributed by atoms with E-state index in [1.54, 1.807) is 35.0 Å². The highest BCUT2D eigenvalue weighted by Crippen LogP contribution is 2.40.